The van der Waals surface area contributed by atoms with E-state index in [-0.39, 0.29) is 11.4 Å². The number of aromatic nitrogens is 1. The van der Waals surface area contributed by atoms with Crippen LogP contribution in [0.1, 0.15) is 23.2 Å². The summed E-state index contributed by atoms with van der Waals surface area (Å²) in [5.74, 6) is 0.00317. The van der Waals surface area contributed by atoms with Crippen LogP contribution in [0, 0.1) is 17.0 Å². The Morgan fingerprint density at radius 2 is 2.27 bits per heavy atom. The summed E-state index contributed by atoms with van der Waals surface area (Å²) in [5, 5.41) is 10.6. The Labute approximate surface area is 89.0 Å². The Bertz CT molecular complexity index is 398. The first-order valence-corrected chi connectivity index (χ1v) is 4.49. The van der Waals surface area contributed by atoms with Gasteiger partial charge in [-0.2, -0.15) is 0 Å². The number of rotatable bonds is 3. The first-order valence-electron chi connectivity index (χ1n) is 3.96. The normalized spacial score (nSPS) is 10.7. The number of pyridine rings is 1. The molecule has 1 heterocycles. The van der Waals surface area contributed by atoms with E-state index in [0.29, 0.717) is 5.56 Å². The van der Waals surface area contributed by atoms with Gasteiger partial charge in [-0.15, -0.1) is 11.6 Å². The topological polar surface area (TPSA) is 56.0 Å². The molecule has 15 heavy (non-hydrogen) atoms. The van der Waals surface area contributed by atoms with Gasteiger partial charge in [-0.3, -0.25) is 10.1 Å². The summed E-state index contributed by atoms with van der Waals surface area (Å²) in [5.41, 5.74) is -0.942. The van der Waals surface area contributed by atoms with Crippen molar-refractivity contribution < 1.29 is 13.7 Å². The molecule has 0 radical (unpaired) electrons. The second-order valence-electron chi connectivity index (χ2n) is 2.83. The highest BCUT2D eigenvalue weighted by Gasteiger charge is 2.27. The zero-order chi connectivity index (χ0) is 11.6. The third-order valence-electron chi connectivity index (χ3n) is 1.97. The molecule has 0 aliphatic heterocycles. The average molecular weight is 237 g/mol. The zero-order valence-corrected chi connectivity index (χ0v) is 8.46. The van der Waals surface area contributed by atoms with Gasteiger partial charge in [-0.05, 0) is 12.5 Å². The fourth-order valence-corrected chi connectivity index (χ4v) is 1.44. The van der Waals surface area contributed by atoms with E-state index in [4.69, 9.17) is 11.6 Å². The maximum absolute atomic E-state index is 12.4. The molecule has 0 N–H and O–H groups in total. The van der Waals surface area contributed by atoms with Gasteiger partial charge in [-0.25, -0.2) is 13.8 Å². The van der Waals surface area contributed by atoms with Gasteiger partial charge in [0.05, 0.1) is 4.92 Å². The maximum atomic E-state index is 12.4. The summed E-state index contributed by atoms with van der Waals surface area (Å²) in [6.45, 7) is 1.38. The van der Waals surface area contributed by atoms with E-state index in [9.17, 15) is 18.9 Å². The molecular weight excluding hydrogens is 230 g/mol. The van der Waals surface area contributed by atoms with Crippen molar-refractivity contribution in [3.63, 3.8) is 0 Å². The molecule has 0 saturated carbocycles. The predicted molar refractivity (Wildman–Crippen MR) is 50.1 cm³/mol. The van der Waals surface area contributed by atoms with E-state index in [0.717, 1.165) is 6.20 Å². The smallest absolute Gasteiger partial charge is 0.258 e. The number of alkyl halides is 3. The maximum Gasteiger partial charge on any atom is 0.299 e. The molecule has 0 spiro atoms. The van der Waals surface area contributed by atoms with Crippen molar-refractivity contribution in [2.24, 2.45) is 0 Å². The van der Waals surface area contributed by atoms with Gasteiger partial charge in [-0.1, -0.05) is 0 Å². The Hall–Kier alpha value is -1.30. The lowest BCUT2D eigenvalue weighted by Crippen LogP contribution is -2.04. The summed E-state index contributed by atoms with van der Waals surface area (Å²) in [6.07, 6.45) is -1.83. The van der Waals surface area contributed by atoms with Crippen LogP contribution in [0.3, 0.4) is 0 Å². The van der Waals surface area contributed by atoms with Crippen molar-refractivity contribution in [1.82, 2.24) is 4.98 Å². The Kier molecular flexibility index (Phi) is 3.52. The number of hydrogen-bond acceptors (Lipinski definition) is 3. The fraction of sp³-hybridized carbons (Fsp3) is 0.375. The molecule has 1 aromatic rings. The lowest BCUT2D eigenvalue weighted by Gasteiger charge is -2.06. The molecule has 0 bridgehead atoms. The molecule has 0 amide bonds. The van der Waals surface area contributed by atoms with E-state index in [1.54, 1.807) is 0 Å². The van der Waals surface area contributed by atoms with Gasteiger partial charge < -0.3 is 0 Å². The van der Waals surface area contributed by atoms with Crippen molar-refractivity contribution in [1.29, 1.82) is 0 Å². The monoisotopic (exact) mass is 236 g/mol. The van der Waals surface area contributed by atoms with Crippen LogP contribution in [-0.4, -0.2) is 9.91 Å². The van der Waals surface area contributed by atoms with Crippen LogP contribution in [0.15, 0.2) is 6.20 Å². The lowest BCUT2D eigenvalue weighted by atomic mass is 10.1. The van der Waals surface area contributed by atoms with Crippen molar-refractivity contribution in [3.05, 3.63) is 33.1 Å². The number of hydrogen-bond donors (Lipinski definition) is 0. The van der Waals surface area contributed by atoms with Crippen LogP contribution in [0.5, 0.6) is 0 Å². The van der Waals surface area contributed by atoms with E-state index in [1.807, 2.05) is 0 Å². The summed E-state index contributed by atoms with van der Waals surface area (Å²) in [7, 11) is 0. The predicted octanol–water partition coefficient (Wildman–Crippen LogP) is 2.97. The second kappa shape index (κ2) is 4.48. The Morgan fingerprint density at radius 1 is 1.67 bits per heavy atom. The molecular formula is C8H7ClF2N2O2. The minimum atomic E-state index is -2.96. The van der Waals surface area contributed by atoms with Crippen LogP contribution in [0.4, 0.5) is 14.5 Å². The molecule has 0 aromatic carbocycles. The van der Waals surface area contributed by atoms with Crippen molar-refractivity contribution in [3.8, 4) is 0 Å². The van der Waals surface area contributed by atoms with Crippen LogP contribution in [0.25, 0.3) is 0 Å². The molecule has 82 valence electrons. The van der Waals surface area contributed by atoms with Gasteiger partial charge in [0.2, 0.25) is 0 Å². The Morgan fingerprint density at radius 3 is 2.67 bits per heavy atom. The van der Waals surface area contributed by atoms with Gasteiger partial charge in [0.1, 0.15) is 0 Å². The quantitative estimate of drug-likeness (QED) is 0.461. The first kappa shape index (κ1) is 11.8. The van der Waals surface area contributed by atoms with Gasteiger partial charge in [0.15, 0.2) is 5.69 Å². The van der Waals surface area contributed by atoms with Gasteiger partial charge in [0, 0.05) is 17.6 Å². The van der Waals surface area contributed by atoms with Crippen molar-refractivity contribution in [2.75, 3.05) is 0 Å². The molecule has 7 heteroatoms. The second-order valence-corrected chi connectivity index (χ2v) is 3.10. The summed E-state index contributed by atoms with van der Waals surface area (Å²) < 4.78 is 24.8. The highest BCUT2D eigenvalue weighted by atomic mass is 35.5. The molecule has 0 fully saturated rings. The van der Waals surface area contributed by atoms with Crippen LogP contribution >= 0.6 is 11.6 Å². The molecule has 0 aliphatic carbocycles. The van der Waals surface area contributed by atoms with Crippen molar-refractivity contribution in [2.45, 2.75) is 19.2 Å². The molecule has 4 nitrogen and oxygen atoms in total. The Balaban J connectivity index is 3.44. The summed E-state index contributed by atoms with van der Waals surface area (Å²) >= 11 is 5.49. The van der Waals surface area contributed by atoms with Crippen LogP contribution < -0.4 is 0 Å². The number of halogens is 3. The highest BCUT2D eigenvalue weighted by Crippen LogP contribution is 2.31. The average Bonchev–Trinajstić information content (AvgIpc) is 2.16. The van der Waals surface area contributed by atoms with E-state index in [1.165, 1.54) is 6.92 Å². The van der Waals surface area contributed by atoms with E-state index >= 15 is 0 Å². The van der Waals surface area contributed by atoms with E-state index < -0.39 is 22.7 Å². The lowest BCUT2D eigenvalue weighted by molar-refractivity contribution is -0.387. The van der Waals surface area contributed by atoms with Crippen LogP contribution in [0.2, 0.25) is 0 Å². The fourth-order valence-electron chi connectivity index (χ4n) is 1.17. The van der Waals surface area contributed by atoms with Crippen molar-refractivity contribution >= 4 is 17.3 Å². The standard InChI is InChI=1S/C8H7ClF2N2O2/c1-4-5(2-9)3-12-6(8(10)11)7(4)13(14)15/h3,8H,2H2,1H3. The molecule has 0 unspecified atom stereocenters. The minimum Gasteiger partial charge on any atom is -0.258 e. The van der Waals surface area contributed by atoms with Gasteiger partial charge in [0.25, 0.3) is 12.1 Å². The molecule has 1 aromatic heterocycles. The summed E-state index contributed by atoms with van der Waals surface area (Å²) in [6, 6.07) is 0. The third kappa shape index (κ3) is 2.20. The minimum absolute atomic E-state index is 0.00317. The van der Waals surface area contributed by atoms with E-state index in [2.05, 4.69) is 4.98 Å². The molecule has 0 saturated heterocycles. The molecule has 1 rings (SSSR count). The van der Waals surface area contributed by atoms with Gasteiger partial charge >= 0.3 is 0 Å². The first-order chi connectivity index (χ1) is 6.99. The molecule has 0 aliphatic rings. The third-order valence-corrected chi connectivity index (χ3v) is 2.26. The largest absolute Gasteiger partial charge is 0.299 e. The number of nitro groups is 1. The highest BCUT2D eigenvalue weighted by molar-refractivity contribution is 6.17. The SMILES string of the molecule is Cc1c(CCl)cnc(C(F)F)c1[N+](=O)[O-]. The zero-order valence-electron chi connectivity index (χ0n) is 7.71. The number of nitrogens with zero attached hydrogens (tertiary/aromatic N) is 2. The summed E-state index contributed by atoms with van der Waals surface area (Å²) in [4.78, 5) is 13.1. The molecule has 0 atom stereocenters. The van der Waals surface area contributed by atoms with Crippen LogP contribution in [-0.2, 0) is 5.88 Å².